The lowest BCUT2D eigenvalue weighted by molar-refractivity contribution is 0.814. The average Bonchev–Trinajstić information content (AvgIpc) is 1.69. The van der Waals surface area contributed by atoms with Crippen molar-refractivity contribution < 1.29 is 0 Å². The Morgan fingerprint density at radius 2 is 2.14 bits per heavy atom. The van der Waals surface area contributed by atoms with Crippen LogP contribution in [0.25, 0.3) is 0 Å². The van der Waals surface area contributed by atoms with Gasteiger partial charge in [-0.1, -0.05) is 31.9 Å². The summed E-state index contributed by atoms with van der Waals surface area (Å²) in [6.07, 6.45) is 8.22. The van der Waals surface area contributed by atoms with Crippen LogP contribution in [0.1, 0.15) is 33.1 Å². The van der Waals surface area contributed by atoms with E-state index in [1.807, 2.05) is 0 Å². The molecule has 0 bridgehead atoms. The lowest BCUT2D eigenvalue weighted by Gasteiger charge is -1.83. The van der Waals surface area contributed by atoms with E-state index >= 15 is 0 Å². The molecule has 0 aliphatic carbocycles. The van der Waals surface area contributed by atoms with Crippen LogP contribution in [-0.4, -0.2) is 0 Å². The molecule has 0 atom stereocenters. The van der Waals surface area contributed by atoms with Gasteiger partial charge in [-0.3, -0.25) is 0 Å². The van der Waals surface area contributed by atoms with Gasteiger partial charge in [0.05, 0.1) is 0 Å². The smallest absolute Gasteiger partial charge is 0.0351 e. The van der Waals surface area contributed by atoms with Gasteiger partial charge in [0.1, 0.15) is 0 Å². The monoisotopic (exact) mass is 98.1 g/mol. The first-order chi connectivity index (χ1) is 3.41. The van der Waals surface area contributed by atoms with Gasteiger partial charge in [0.2, 0.25) is 0 Å². The van der Waals surface area contributed by atoms with Gasteiger partial charge in [-0.05, 0) is 13.3 Å². The molecule has 0 radical (unpaired) electrons. The van der Waals surface area contributed by atoms with Gasteiger partial charge in [0.25, 0.3) is 0 Å². The molecule has 0 heteroatoms. The van der Waals surface area contributed by atoms with Crippen LogP contribution in [0.4, 0.5) is 0 Å². The summed E-state index contributed by atoms with van der Waals surface area (Å²) in [7, 11) is 0. The van der Waals surface area contributed by atoms with Crippen LogP contribution < -0.4 is 0 Å². The number of rotatable bonds is 3. The molecule has 0 aromatic rings. The van der Waals surface area contributed by atoms with Gasteiger partial charge < -0.3 is 0 Å². The summed E-state index contributed by atoms with van der Waals surface area (Å²) in [6.45, 7) is 4.28. The van der Waals surface area contributed by atoms with Crippen LogP contribution in [0.2, 0.25) is 0 Å². The van der Waals surface area contributed by atoms with Gasteiger partial charge in [0, 0.05) is 0 Å². The second kappa shape index (κ2) is 5.74. The summed E-state index contributed by atoms with van der Waals surface area (Å²) in [6, 6.07) is 0. The van der Waals surface area contributed by atoms with Crippen LogP contribution in [0.5, 0.6) is 0 Å². The lowest BCUT2D eigenvalue weighted by Crippen LogP contribution is -1.63. The van der Waals surface area contributed by atoms with Crippen LogP contribution in [-0.2, 0) is 0 Å². The summed E-state index contributed by atoms with van der Waals surface area (Å²) in [5.74, 6) is 0. The third-order valence-corrected chi connectivity index (χ3v) is 0.960. The van der Waals surface area contributed by atoms with Crippen molar-refractivity contribution in [3.05, 3.63) is 12.2 Å². The van der Waals surface area contributed by atoms with Crippen LogP contribution in [0.3, 0.4) is 0 Å². The molecule has 0 unspecified atom stereocenters. The lowest BCUT2D eigenvalue weighted by atomic mass is 10.2. The van der Waals surface area contributed by atoms with Crippen molar-refractivity contribution in [2.24, 2.45) is 0 Å². The molecule has 0 aliphatic rings. The molecule has 0 fully saturated rings. The maximum atomic E-state index is 2.21. The van der Waals surface area contributed by atoms with Gasteiger partial charge in [-0.15, -0.1) is 0 Å². The predicted molar refractivity (Wildman–Crippen MR) is 34.3 cm³/mol. The predicted octanol–water partition coefficient (Wildman–Crippen LogP) is 2.75. The first-order valence-corrected chi connectivity index (χ1v) is 3.03. The van der Waals surface area contributed by atoms with E-state index in [4.69, 9.17) is 0 Å². The van der Waals surface area contributed by atoms with Crippen LogP contribution in [0, 0.1) is 0 Å². The minimum atomic E-state index is 1.26. The van der Waals surface area contributed by atoms with E-state index in [1.54, 1.807) is 0 Å². The van der Waals surface area contributed by atoms with E-state index in [0.29, 0.717) is 0 Å². The van der Waals surface area contributed by atoms with Gasteiger partial charge in [-0.2, -0.15) is 0 Å². The van der Waals surface area contributed by atoms with E-state index in [1.165, 1.54) is 19.3 Å². The molecule has 0 nitrogen and oxygen atoms in total. The highest BCUT2D eigenvalue weighted by Gasteiger charge is 1.73. The molecule has 0 spiro atoms. The molecule has 42 valence electrons. The average molecular weight is 98.2 g/mol. The first kappa shape index (κ1) is 6.74. The number of hydrogen-bond acceptors (Lipinski definition) is 0. The Morgan fingerprint density at radius 1 is 1.43 bits per heavy atom. The normalized spacial score (nSPS) is 10.6. The van der Waals surface area contributed by atoms with Gasteiger partial charge in [-0.25, -0.2) is 0 Å². The molecule has 0 saturated heterocycles. The molecule has 0 rings (SSSR count). The standard InChI is InChI=1S/C7H14/c1-3-5-7-6-4-2/h3,5H,4,6-7H2,1-2H3/b5-3-. The van der Waals surface area contributed by atoms with E-state index in [0.717, 1.165) is 0 Å². The van der Waals surface area contributed by atoms with Gasteiger partial charge in [0.15, 0.2) is 0 Å². The molecule has 0 heterocycles. The van der Waals surface area contributed by atoms with Crippen LogP contribution >= 0.6 is 0 Å². The van der Waals surface area contributed by atoms with Crippen LogP contribution in [0.15, 0.2) is 12.2 Å². The summed E-state index contributed by atoms with van der Waals surface area (Å²) < 4.78 is 0. The second-order valence-corrected chi connectivity index (χ2v) is 1.71. The molecule has 0 aliphatic heterocycles. The van der Waals surface area contributed by atoms with Gasteiger partial charge >= 0.3 is 0 Å². The minimum absolute atomic E-state index is 1.26. The van der Waals surface area contributed by atoms with E-state index in [2.05, 4.69) is 26.0 Å². The third kappa shape index (κ3) is 5.74. The summed E-state index contributed by atoms with van der Waals surface area (Å²) in [4.78, 5) is 0. The molecule has 0 saturated carbocycles. The van der Waals surface area contributed by atoms with Crippen molar-refractivity contribution in [1.82, 2.24) is 0 Å². The first-order valence-electron chi connectivity index (χ1n) is 3.03. The largest absolute Gasteiger partial charge is 0.0917 e. The Balaban J connectivity index is 2.69. The zero-order valence-electron chi connectivity index (χ0n) is 5.28. The Kier molecular flexibility index (Phi) is 5.53. The summed E-state index contributed by atoms with van der Waals surface area (Å²) in [5.41, 5.74) is 0. The van der Waals surface area contributed by atoms with Crippen molar-refractivity contribution >= 4 is 0 Å². The Hall–Kier alpha value is -0.260. The number of unbranched alkanes of at least 4 members (excludes halogenated alkanes) is 2. The van der Waals surface area contributed by atoms with Crippen molar-refractivity contribution in [3.63, 3.8) is 0 Å². The Morgan fingerprint density at radius 3 is 2.57 bits per heavy atom. The highest BCUT2D eigenvalue weighted by molar-refractivity contribution is 4.75. The van der Waals surface area contributed by atoms with Crippen molar-refractivity contribution in [1.29, 1.82) is 0 Å². The summed E-state index contributed by atoms with van der Waals surface area (Å²) >= 11 is 0. The second-order valence-electron chi connectivity index (χ2n) is 1.71. The third-order valence-electron chi connectivity index (χ3n) is 0.960. The van der Waals surface area contributed by atoms with E-state index in [-0.39, 0.29) is 0 Å². The highest BCUT2D eigenvalue weighted by atomic mass is 13.8. The molecular weight excluding hydrogens is 84.1 g/mol. The quantitative estimate of drug-likeness (QED) is 0.376. The number of allylic oxidation sites excluding steroid dienone is 2. The fourth-order valence-electron chi connectivity index (χ4n) is 0.489. The SMILES string of the molecule is C/C=C\CCCC. The molecular formula is C7H14. The van der Waals surface area contributed by atoms with E-state index in [9.17, 15) is 0 Å². The topological polar surface area (TPSA) is 0 Å². The molecule has 0 N–H and O–H groups in total. The summed E-state index contributed by atoms with van der Waals surface area (Å²) in [5, 5.41) is 0. The molecule has 7 heavy (non-hydrogen) atoms. The molecule has 0 amide bonds. The zero-order chi connectivity index (χ0) is 5.54. The van der Waals surface area contributed by atoms with Crippen molar-refractivity contribution in [2.75, 3.05) is 0 Å². The molecule has 0 aromatic carbocycles. The van der Waals surface area contributed by atoms with E-state index < -0.39 is 0 Å². The maximum Gasteiger partial charge on any atom is -0.0351 e. The highest BCUT2D eigenvalue weighted by Crippen LogP contribution is 1.93. The zero-order valence-corrected chi connectivity index (χ0v) is 5.28. The molecule has 0 aromatic heterocycles. The fraction of sp³-hybridized carbons (Fsp3) is 0.714. The number of hydrogen-bond donors (Lipinski definition) is 0. The Labute approximate surface area is 46.2 Å². The Bertz CT molecular complexity index is 44.0. The van der Waals surface area contributed by atoms with Crippen molar-refractivity contribution in [3.8, 4) is 0 Å². The maximum absolute atomic E-state index is 2.21. The fourth-order valence-corrected chi connectivity index (χ4v) is 0.489. The van der Waals surface area contributed by atoms with Crippen molar-refractivity contribution in [2.45, 2.75) is 33.1 Å². The minimum Gasteiger partial charge on any atom is -0.0917 e.